The summed E-state index contributed by atoms with van der Waals surface area (Å²) in [5, 5.41) is 3.35. The van der Waals surface area contributed by atoms with Crippen LogP contribution in [-0.2, 0) is 13.1 Å². The molecule has 0 fully saturated rings. The van der Waals surface area contributed by atoms with Crippen LogP contribution in [0.3, 0.4) is 0 Å². The summed E-state index contributed by atoms with van der Waals surface area (Å²) in [5.74, 6) is 3.16. The molecular formula is C22H27N5O2. The minimum absolute atomic E-state index is 0.545. The van der Waals surface area contributed by atoms with E-state index in [1.54, 1.807) is 21.3 Å². The Kier molecular flexibility index (Phi) is 6.73. The highest BCUT2D eigenvalue weighted by atomic mass is 16.5. The third kappa shape index (κ3) is 5.07. The molecule has 7 heteroatoms. The van der Waals surface area contributed by atoms with Crippen LogP contribution in [0, 0.1) is 0 Å². The first-order valence-electron chi connectivity index (χ1n) is 9.36. The third-order valence-corrected chi connectivity index (χ3v) is 4.60. The predicted octanol–water partition coefficient (Wildman–Crippen LogP) is 3.30. The molecule has 152 valence electrons. The Balaban J connectivity index is 1.63. The van der Waals surface area contributed by atoms with Crippen LogP contribution >= 0.6 is 0 Å². The molecule has 1 heterocycles. The number of ether oxygens (including phenoxy) is 2. The molecule has 0 saturated carbocycles. The largest absolute Gasteiger partial charge is 0.497 e. The molecule has 2 aromatic carbocycles. The molecule has 0 atom stereocenters. The lowest BCUT2D eigenvalue weighted by Crippen LogP contribution is -2.38. The van der Waals surface area contributed by atoms with E-state index in [0.29, 0.717) is 13.1 Å². The van der Waals surface area contributed by atoms with E-state index in [-0.39, 0.29) is 0 Å². The van der Waals surface area contributed by atoms with Crippen LogP contribution in [0.2, 0.25) is 0 Å². The van der Waals surface area contributed by atoms with E-state index in [1.165, 1.54) is 0 Å². The molecule has 0 radical (unpaired) electrons. The zero-order chi connectivity index (χ0) is 20.6. The minimum Gasteiger partial charge on any atom is -0.497 e. The van der Waals surface area contributed by atoms with E-state index in [2.05, 4.69) is 32.4 Å². The zero-order valence-corrected chi connectivity index (χ0v) is 17.3. The number of aromatic nitrogens is 2. The number of imidazole rings is 1. The highest BCUT2D eigenvalue weighted by molar-refractivity contribution is 5.79. The van der Waals surface area contributed by atoms with Crippen LogP contribution < -0.4 is 14.8 Å². The van der Waals surface area contributed by atoms with Gasteiger partial charge in [-0.1, -0.05) is 30.3 Å². The fraction of sp³-hybridized carbons (Fsp3) is 0.273. The van der Waals surface area contributed by atoms with Crippen LogP contribution in [0.15, 0.2) is 59.7 Å². The van der Waals surface area contributed by atoms with Gasteiger partial charge in [0.15, 0.2) is 5.96 Å². The maximum Gasteiger partial charge on any atom is 0.194 e. The maximum absolute atomic E-state index is 5.49. The van der Waals surface area contributed by atoms with Gasteiger partial charge < -0.3 is 24.7 Å². The van der Waals surface area contributed by atoms with Crippen LogP contribution in [0.4, 0.5) is 0 Å². The van der Waals surface area contributed by atoms with E-state index < -0.39 is 0 Å². The van der Waals surface area contributed by atoms with Gasteiger partial charge in [-0.15, -0.1) is 0 Å². The van der Waals surface area contributed by atoms with Gasteiger partial charge in [0, 0.05) is 32.3 Å². The third-order valence-electron chi connectivity index (χ3n) is 4.60. The Morgan fingerprint density at radius 2 is 1.93 bits per heavy atom. The number of benzene rings is 2. The topological polar surface area (TPSA) is 74.8 Å². The summed E-state index contributed by atoms with van der Waals surface area (Å²) in [6.07, 6.45) is 1.85. The Labute approximate surface area is 171 Å². The summed E-state index contributed by atoms with van der Waals surface area (Å²) in [7, 11) is 7.05. The molecule has 2 N–H and O–H groups in total. The fourth-order valence-corrected chi connectivity index (χ4v) is 3.08. The van der Waals surface area contributed by atoms with Gasteiger partial charge in [0.05, 0.1) is 32.7 Å². The van der Waals surface area contributed by atoms with Crippen molar-refractivity contribution in [2.24, 2.45) is 4.99 Å². The molecule has 0 aliphatic rings. The average Bonchev–Trinajstić information content (AvgIpc) is 3.24. The Hall–Kier alpha value is -3.48. The van der Waals surface area contributed by atoms with Gasteiger partial charge in [-0.25, -0.2) is 4.98 Å². The molecule has 3 aromatic rings. The number of aromatic amines is 1. The van der Waals surface area contributed by atoms with Crippen molar-refractivity contribution in [3.05, 3.63) is 66.1 Å². The van der Waals surface area contributed by atoms with Crippen molar-refractivity contribution in [1.29, 1.82) is 0 Å². The Morgan fingerprint density at radius 1 is 1.14 bits per heavy atom. The van der Waals surface area contributed by atoms with Gasteiger partial charge >= 0.3 is 0 Å². The molecule has 0 spiro atoms. The molecule has 3 rings (SSSR count). The second-order valence-corrected chi connectivity index (χ2v) is 6.54. The molecule has 0 unspecified atom stereocenters. The van der Waals surface area contributed by atoms with Gasteiger partial charge in [0.25, 0.3) is 0 Å². The lowest BCUT2D eigenvalue weighted by molar-refractivity contribution is 0.382. The quantitative estimate of drug-likeness (QED) is 0.476. The summed E-state index contributed by atoms with van der Waals surface area (Å²) in [6, 6.07) is 15.9. The summed E-state index contributed by atoms with van der Waals surface area (Å²) in [6.45, 7) is 1.18. The van der Waals surface area contributed by atoms with Crippen molar-refractivity contribution in [1.82, 2.24) is 20.2 Å². The van der Waals surface area contributed by atoms with E-state index in [4.69, 9.17) is 9.47 Å². The van der Waals surface area contributed by atoms with E-state index >= 15 is 0 Å². The first-order chi connectivity index (χ1) is 14.1. The van der Waals surface area contributed by atoms with Crippen molar-refractivity contribution in [2.75, 3.05) is 28.3 Å². The van der Waals surface area contributed by atoms with Crippen LogP contribution in [0.1, 0.15) is 11.4 Å². The molecule has 0 aliphatic carbocycles. The van der Waals surface area contributed by atoms with Crippen molar-refractivity contribution < 1.29 is 9.47 Å². The second kappa shape index (κ2) is 9.64. The normalized spacial score (nSPS) is 11.2. The Morgan fingerprint density at radius 3 is 2.62 bits per heavy atom. The maximum atomic E-state index is 5.49. The number of nitrogens with one attached hydrogen (secondary N) is 2. The summed E-state index contributed by atoms with van der Waals surface area (Å²) < 4.78 is 10.8. The molecule has 0 saturated heterocycles. The highest BCUT2D eigenvalue weighted by Gasteiger charge is 2.12. The van der Waals surface area contributed by atoms with Crippen molar-refractivity contribution in [2.45, 2.75) is 13.1 Å². The Bertz CT molecular complexity index is 953. The van der Waals surface area contributed by atoms with E-state index in [1.807, 2.05) is 54.5 Å². The standard InChI is InChI=1S/C22H27N5O2/c1-23-22(27(2)15-17-10-11-18(28-3)12-20(17)29-4)25-14-21-24-13-19(26-21)16-8-6-5-7-9-16/h5-13H,14-15H2,1-4H3,(H,23,25)(H,24,26). The van der Waals surface area contributed by atoms with Gasteiger partial charge in [-0.3, -0.25) is 4.99 Å². The first kappa shape index (κ1) is 20.3. The first-order valence-corrected chi connectivity index (χ1v) is 9.36. The number of hydrogen-bond donors (Lipinski definition) is 2. The second-order valence-electron chi connectivity index (χ2n) is 6.54. The number of rotatable bonds is 7. The van der Waals surface area contributed by atoms with Crippen molar-refractivity contribution in [3.8, 4) is 22.8 Å². The summed E-state index contributed by atoms with van der Waals surface area (Å²) >= 11 is 0. The number of guanidine groups is 1. The number of methoxy groups -OCH3 is 2. The number of hydrogen-bond acceptors (Lipinski definition) is 4. The summed E-state index contributed by atoms with van der Waals surface area (Å²) in [5.41, 5.74) is 3.15. The molecule has 1 aromatic heterocycles. The van der Waals surface area contributed by atoms with E-state index in [9.17, 15) is 0 Å². The highest BCUT2D eigenvalue weighted by Crippen LogP contribution is 2.25. The monoisotopic (exact) mass is 393 g/mol. The zero-order valence-electron chi connectivity index (χ0n) is 17.3. The fourth-order valence-electron chi connectivity index (χ4n) is 3.08. The van der Waals surface area contributed by atoms with Crippen molar-refractivity contribution >= 4 is 5.96 Å². The lowest BCUT2D eigenvalue weighted by atomic mass is 10.2. The van der Waals surface area contributed by atoms with E-state index in [0.717, 1.165) is 40.1 Å². The van der Waals surface area contributed by atoms with Crippen molar-refractivity contribution in [3.63, 3.8) is 0 Å². The molecular weight excluding hydrogens is 366 g/mol. The average molecular weight is 393 g/mol. The molecule has 0 amide bonds. The molecule has 0 aliphatic heterocycles. The van der Waals surface area contributed by atoms with Gasteiger partial charge in [-0.2, -0.15) is 0 Å². The minimum atomic E-state index is 0.545. The molecule has 0 bridgehead atoms. The lowest BCUT2D eigenvalue weighted by Gasteiger charge is -2.23. The number of nitrogens with zero attached hydrogens (tertiary/aromatic N) is 3. The van der Waals surface area contributed by atoms with Gasteiger partial charge in [-0.05, 0) is 17.7 Å². The molecule has 7 nitrogen and oxygen atoms in total. The number of aliphatic imine (C=N–C) groups is 1. The smallest absolute Gasteiger partial charge is 0.194 e. The van der Waals surface area contributed by atoms with Gasteiger partial charge in [0.2, 0.25) is 0 Å². The van der Waals surface area contributed by atoms with Crippen LogP contribution in [0.5, 0.6) is 11.5 Å². The predicted molar refractivity (Wildman–Crippen MR) is 115 cm³/mol. The van der Waals surface area contributed by atoms with Crippen LogP contribution in [-0.4, -0.2) is 49.1 Å². The molecule has 29 heavy (non-hydrogen) atoms. The SMILES string of the molecule is CN=C(NCc1ncc(-c2ccccc2)[nH]1)N(C)Cc1ccc(OC)cc1OC. The van der Waals surface area contributed by atoms with Gasteiger partial charge in [0.1, 0.15) is 17.3 Å². The summed E-state index contributed by atoms with van der Waals surface area (Å²) in [4.78, 5) is 14.2. The van der Waals surface area contributed by atoms with Crippen LogP contribution in [0.25, 0.3) is 11.3 Å². The number of H-pyrrole nitrogens is 1.